The van der Waals surface area contributed by atoms with E-state index in [0.717, 1.165) is 18.9 Å². The fourth-order valence-electron chi connectivity index (χ4n) is 2.89. The summed E-state index contributed by atoms with van der Waals surface area (Å²) in [4.78, 5) is 0. The fraction of sp³-hybridized carbons (Fsp3) is 0.647. The highest BCUT2D eigenvalue weighted by Gasteiger charge is 2.16. The van der Waals surface area contributed by atoms with E-state index in [1.165, 1.54) is 37.7 Å². The van der Waals surface area contributed by atoms with Crippen LogP contribution < -0.4 is 10.1 Å². The van der Waals surface area contributed by atoms with Gasteiger partial charge in [-0.2, -0.15) is 0 Å². The van der Waals surface area contributed by atoms with Crippen LogP contribution in [0.4, 0.5) is 0 Å². The zero-order valence-electron chi connectivity index (χ0n) is 12.7. The van der Waals surface area contributed by atoms with Crippen LogP contribution in [0, 0.1) is 0 Å². The Morgan fingerprint density at radius 3 is 2.75 bits per heavy atom. The summed E-state index contributed by atoms with van der Waals surface area (Å²) in [5, 5.41) is 3.58. The lowest BCUT2D eigenvalue weighted by molar-refractivity contribution is 0.101. The number of nitrogens with one attached hydrogen (secondary N) is 1. The van der Waals surface area contributed by atoms with Gasteiger partial charge in [0.05, 0.1) is 13.2 Å². The Balaban J connectivity index is 1.84. The predicted molar refractivity (Wildman–Crippen MR) is 82.2 cm³/mol. The Morgan fingerprint density at radius 1 is 1.35 bits per heavy atom. The van der Waals surface area contributed by atoms with E-state index in [4.69, 9.17) is 9.47 Å². The number of benzene rings is 1. The molecule has 0 bridgehead atoms. The van der Waals surface area contributed by atoms with E-state index in [-0.39, 0.29) is 0 Å². The Bertz CT molecular complexity index is 371. The second-order valence-electron chi connectivity index (χ2n) is 5.45. The number of hydrogen-bond acceptors (Lipinski definition) is 3. The zero-order chi connectivity index (χ0) is 14.2. The molecule has 1 heterocycles. The highest BCUT2D eigenvalue weighted by Crippen LogP contribution is 2.24. The molecule has 1 aliphatic rings. The Hall–Kier alpha value is -1.06. The van der Waals surface area contributed by atoms with Crippen molar-refractivity contribution in [1.29, 1.82) is 0 Å². The molecule has 0 radical (unpaired) electrons. The van der Waals surface area contributed by atoms with E-state index in [2.05, 4.69) is 24.4 Å². The fourth-order valence-corrected chi connectivity index (χ4v) is 2.89. The van der Waals surface area contributed by atoms with Crippen molar-refractivity contribution in [3.8, 4) is 5.75 Å². The summed E-state index contributed by atoms with van der Waals surface area (Å²) < 4.78 is 10.9. The van der Waals surface area contributed by atoms with Crippen LogP contribution in [0.3, 0.4) is 0 Å². The van der Waals surface area contributed by atoms with Crippen LogP contribution in [-0.2, 0) is 4.74 Å². The molecule has 2 rings (SSSR count). The first-order chi connectivity index (χ1) is 9.83. The molecule has 0 aliphatic carbocycles. The molecule has 2 unspecified atom stereocenters. The van der Waals surface area contributed by atoms with Crippen LogP contribution in [0.15, 0.2) is 24.3 Å². The van der Waals surface area contributed by atoms with Gasteiger partial charge in [0, 0.05) is 12.6 Å². The molecule has 20 heavy (non-hydrogen) atoms. The monoisotopic (exact) mass is 277 g/mol. The zero-order valence-corrected chi connectivity index (χ0v) is 12.7. The van der Waals surface area contributed by atoms with Gasteiger partial charge in [-0.05, 0) is 56.3 Å². The average molecular weight is 277 g/mol. The molecule has 1 fully saturated rings. The Kier molecular flexibility index (Phi) is 6.34. The molecule has 1 aliphatic heterocycles. The summed E-state index contributed by atoms with van der Waals surface area (Å²) in [5.74, 6) is 0.920. The largest absolute Gasteiger partial charge is 0.497 e. The van der Waals surface area contributed by atoms with E-state index < -0.39 is 0 Å². The van der Waals surface area contributed by atoms with Crippen LogP contribution in [0.5, 0.6) is 5.75 Å². The van der Waals surface area contributed by atoms with Crippen molar-refractivity contribution >= 4 is 0 Å². The van der Waals surface area contributed by atoms with Crippen molar-refractivity contribution in [2.75, 3.05) is 20.3 Å². The maximum absolute atomic E-state index is 5.69. The van der Waals surface area contributed by atoms with Crippen LogP contribution in [0.25, 0.3) is 0 Å². The minimum absolute atomic E-state index is 0.437. The highest BCUT2D eigenvalue weighted by atomic mass is 16.5. The number of ether oxygens (including phenoxy) is 2. The van der Waals surface area contributed by atoms with Gasteiger partial charge in [0.2, 0.25) is 0 Å². The van der Waals surface area contributed by atoms with E-state index in [9.17, 15) is 0 Å². The van der Waals surface area contributed by atoms with Gasteiger partial charge < -0.3 is 14.8 Å². The molecule has 2 atom stereocenters. The summed E-state index contributed by atoms with van der Waals surface area (Å²) in [6, 6.07) is 8.85. The van der Waals surface area contributed by atoms with Gasteiger partial charge in [-0.3, -0.25) is 0 Å². The first-order valence-corrected chi connectivity index (χ1v) is 7.82. The lowest BCUT2D eigenvalue weighted by Crippen LogP contribution is -2.21. The lowest BCUT2D eigenvalue weighted by atomic mass is 9.99. The van der Waals surface area contributed by atoms with Gasteiger partial charge in [0.25, 0.3) is 0 Å². The molecule has 112 valence electrons. The molecule has 1 aromatic rings. The van der Waals surface area contributed by atoms with Gasteiger partial charge in [0.1, 0.15) is 5.75 Å². The first-order valence-electron chi connectivity index (χ1n) is 7.82. The molecule has 0 amide bonds. The Labute approximate surface area is 122 Å². The second kappa shape index (κ2) is 8.28. The number of hydrogen-bond donors (Lipinski definition) is 1. The van der Waals surface area contributed by atoms with Crippen molar-refractivity contribution in [1.82, 2.24) is 5.32 Å². The molecule has 3 nitrogen and oxygen atoms in total. The molecular formula is C17H27NO2. The number of rotatable bonds is 8. The third-order valence-electron chi connectivity index (χ3n) is 4.01. The van der Waals surface area contributed by atoms with Crippen LogP contribution in [-0.4, -0.2) is 26.4 Å². The highest BCUT2D eigenvalue weighted by molar-refractivity contribution is 5.29. The SMILES string of the molecule is CCNC(CCCC1CCCO1)c1ccc(OC)cc1. The molecule has 0 spiro atoms. The minimum atomic E-state index is 0.437. The second-order valence-corrected chi connectivity index (χ2v) is 5.45. The van der Waals surface area contributed by atoms with Crippen LogP contribution in [0.1, 0.15) is 50.6 Å². The van der Waals surface area contributed by atoms with E-state index in [0.29, 0.717) is 12.1 Å². The molecule has 1 aromatic carbocycles. The normalized spacial score (nSPS) is 20.0. The molecule has 0 saturated carbocycles. The molecule has 3 heteroatoms. The molecule has 1 N–H and O–H groups in total. The van der Waals surface area contributed by atoms with Gasteiger partial charge >= 0.3 is 0 Å². The van der Waals surface area contributed by atoms with Crippen molar-refractivity contribution in [3.05, 3.63) is 29.8 Å². The van der Waals surface area contributed by atoms with Crippen LogP contribution >= 0.6 is 0 Å². The van der Waals surface area contributed by atoms with Crippen molar-refractivity contribution in [2.24, 2.45) is 0 Å². The topological polar surface area (TPSA) is 30.5 Å². The van der Waals surface area contributed by atoms with Gasteiger partial charge in [-0.1, -0.05) is 19.1 Å². The summed E-state index contributed by atoms with van der Waals surface area (Å²) in [6.07, 6.45) is 6.56. The predicted octanol–water partition coefficient (Wildman–Crippen LogP) is 3.70. The molecule has 1 saturated heterocycles. The Morgan fingerprint density at radius 2 is 2.15 bits per heavy atom. The first kappa shape index (κ1) is 15.3. The summed E-state index contributed by atoms with van der Waals surface area (Å²) in [6.45, 7) is 4.12. The molecular weight excluding hydrogens is 250 g/mol. The maximum atomic E-state index is 5.69. The van der Waals surface area contributed by atoms with Crippen LogP contribution in [0.2, 0.25) is 0 Å². The van der Waals surface area contributed by atoms with Crippen molar-refractivity contribution in [3.63, 3.8) is 0 Å². The van der Waals surface area contributed by atoms with E-state index in [1.807, 2.05) is 12.1 Å². The summed E-state index contributed by atoms with van der Waals surface area (Å²) >= 11 is 0. The smallest absolute Gasteiger partial charge is 0.118 e. The van der Waals surface area contributed by atoms with Gasteiger partial charge in [-0.15, -0.1) is 0 Å². The molecule has 0 aromatic heterocycles. The summed E-state index contributed by atoms with van der Waals surface area (Å²) in [5.41, 5.74) is 1.35. The number of methoxy groups -OCH3 is 1. The third-order valence-corrected chi connectivity index (χ3v) is 4.01. The maximum Gasteiger partial charge on any atom is 0.118 e. The van der Waals surface area contributed by atoms with Crippen molar-refractivity contribution in [2.45, 2.75) is 51.2 Å². The minimum Gasteiger partial charge on any atom is -0.497 e. The quantitative estimate of drug-likeness (QED) is 0.786. The third kappa shape index (κ3) is 4.50. The van der Waals surface area contributed by atoms with E-state index in [1.54, 1.807) is 7.11 Å². The van der Waals surface area contributed by atoms with Gasteiger partial charge in [0.15, 0.2) is 0 Å². The van der Waals surface area contributed by atoms with Crippen molar-refractivity contribution < 1.29 is 9.47 Å². The standard InChI is InChI=1S/C17H27NO2/c1-3-18-17(8-4-6-16-7-5-13-20-16)14-9-11-15(19-2)12-10-14/h9-12,16-18H,3-8,13H2,1-2H3. The van der Waals surface area contributed by atoms with E-state index >= 15 is 0 Å². The average Bonchev–Trinajstić information content (AvgIpc) is 3.00. The van der Waals surface area contributed by atoms with Gasteiger partial charge in [-0.25, -0.2) is 0 Å². The lowest BCUT2D eigenvalue weighted by Gasteiger charge is -2.19. The summed E-state index contributed by atoms with van der Waals surface area (Å²) in [7, 11) is 1.71.